The molecule has 0 spiro atoms. The Morgan fingerprint density at radius 3 is 2.67 bits per heavy atom. The number of alkyl halides is 3. The molecule has 2 heterocycles. The van der Waals surface area contributed by atoms with E-state index in [1.807, 2.05) is 0 Å². The van der Waals surface area contributed by atoms with Crippen LogP contribution in [0.1, 0.15) is 16.8 Å². The van der Waals surface area contributed by atoms with E-state index in [1.165, 1.54) is 6.07 Å². The molecule has 0 unspecified atom stereocenters. The number of halogens is 3. The molecule has 0 saturated heterocycles. The largest absolute Gasteiger partial charge is 0.416 e. The van der Waals surface area contributed by atoms with E-state index in [4.69, 9.17) is 6.42 Å². The molecule has 1 N–H and O–H groups in total. The van der Waals surface area contributed by atoms with Gasteiger partial charge in [0.25, 0.3) is 0 Å². The zero-order chi connectivity index (χ0) is 19.8. The van der Waals surface area contributed by atoms with Gasteiger partial charge in [0.1, 0.15) is 5.82 Å². The number of pyridine rings is 1. The molecule has 0 fully saturated rings. The van der Waals surface area contributed by atoms with Crippen molar-refractivity contribution in [3.63, 3.8) is 0 Å². The minimum Gasteiger partial charge on any atom is -0.358 e. The van der Waals surface area contributed by atoms with Gasteiger partial charge in [0.15, 0.2) is 0 Å². The third-order valence-electron chi connectivity index (χ3n) is 4.02. The first-order valence-corrected chi connectivity index (χ1v) is 7.97. The lowest BCUT2D eigenvalue weighted by atomic mass is 10.1. The zero-order valence-corrected chi connectivity index (χ0v) is 14.6. The van der Waals surface area contributed by atoms with Gasteiger partial charge in [0.2, 0.25) is 0 Å². The molecule has 0 aliphatic carbocycles. The number of hydrogen-bond donors (Lipinski definition) is 1. The smallest absolute Gasteiger partial charge is 0.358 e. The first-order valence-electron chi connectivity index (χ1n) is 7.97. The molecule has 0 amide bonds. The minimum atomic E-state index is -4.55. The summed E-state index contributed by atoms with van der Waals surface area (Å²) in [6, 6.07) is 4.83. The number of aryl methyl sites for hydroxylation is 2. The Morgan fingerprint density at radius 2 is 2.00 bits per heavy atom. The number of rotatable bonds is 3. The van der Waals surface area contributed by atoms with Crippen LogP contribution in [0.4, 0.5) is 19.0 Å². The maximum absolute atomic E-state index is 13.2. The molecule has 1 aromatic carbocycles. The molecule has 0 aliphatic heterocycles. The van der Waals surface area contributed by atoms with Crippen molar-refractivity contribution in [2.24, 2.45) is 0 Å². The van der Waals surface area contributed by atoms with Gasteiger partial charge in [-0.3, -0.25) is 9.55 Å². The molecule has 5 nitrogen and oxygen atoms in total. The summed E-state index contributed by atoms with van der Waals surface area (Å²) in [4.78, 5) is 20.9. The van der Waals surface area contributed by atoms with Crippen molar-refractivity contribution >= 4 is 16.7 Å². The van der Waals surface area contributed by atoms with Gasteiger partial charge in [-0.05, 0) is 43.7 Å². The van der Waals surface area contributed by atoms with E-state index in [1.54, 1.807) is 26.1 Å². The summed E-state index contributed by atoms with van der Waals surface area (Å²) in [6.45, 7) is 3.53. The fourth-order valence-electron chi connectivity index (χ4n) is 2.75. The average Bonchev–Trinajstić information content (AvgIpc) is 2.61. The predicted octanol–water partition coefficient (Wildman–Crippen LogP) is 3.46. The molecule has 0 atom stereocenters. The number of hydrogen-bond acceptors (Lipinski definition) is 4. The molecule has 2 aromatic heterocycles. The third-order valence-corrected chi connectivity index (χ3v) is 4.02. The van der Waals surface area contributed by atoms with Crippen LogP contribution in [0, 0.1) is 26.2 Å². The minimum absolute atomic E-state index is 0.0693. The first-order chi connectivity index (χ1) is 12.7. The molecule has 8 heteroatoms. The standard InChI is InChI=1S/C19H15F3N4O/c1-4-7-23-17-14-6-5-13(19(20,21)22)9-16(14)26(18(27)25-17)15-8-11(2)10-24-12(15)3/h1,5-6,8-10H,7H2,2-3H3,(H,23,25,27). The Hall–Kier alpha value is -3.34. The second kappa shape index (κ2) is 6.76. The predicted molar refractivity (Wildman–Crippen MR) is 96.9 cm³/mol. The Balaban J connectivity index is 2.42. The number of nitrogens with one attached hydrogen (secondary N) is 1. The highest BCUT2D eigenvalue weighted by molar-refractivity contribution is 5.91. The number of fused-ring (bicyclic) bond motifs is 1. The maximum Gasteiger partial charge on any atom is 0.416 e. The van der Waals surface area contributed by atoms with E-state index < -0.39 is 17.4 Å². The summed E-state index contributed by atoms with van der Waals surface area (Å²) in [5.41, 5.74) is 0.109. The molecular formula is C19H15F3N4O. The Kier molecular flexibility index (Phi) is 4.62. The van der Waals surface area contributed by atoms with Crippen LogP contribution in [0.25, 0.3) is 16.6 Å². The normalized spacial score (nSPS) is 11.4. The second-order valence-corrected chi connectivity index (χ2v) is 5.98. The van der Waals surface area contributed by atoms with Crippen molar-refractivity contribution in [1.82, 2.24) is 14.5 Å². The van der Waals surface area contributed by atoms with Crippen LogP contribution in [-0.2, 0) is 6.18 Å². The van der Waals surface area contributed by atoms with Crippen LogP contribution < -0.4 is 11.0 Å². The lowest BCUT2D eigenvalue weighted by Gasteiger charge is -2.16. The maximum atomic E-state index is 13.2. The van der Waals surface area contributed by atoms with E-state index >= 15 is 0 Å². The summed E-state index contributed by atoms with van der Waals surface area (Å²) in [5.74, 6) is 2.48. The summed E-state index contributed by atoms with van der Waals surface area (Å²) in [5, 5.41) is 3.13. The van der Waals surface area contributed by atoms with Crippen LogP contribution in [0.2, 0.25) is 0 Å². The van der Waals surface area contributed by atoms with Crippen LogP contribution in [-0.4, -0.2) is 21.1 Å². The van der Waals surface area contributed by atoms with Gasteiger partial charge < -0.3 is 5.32 Å². The SMILES string of the molecule is C#CCNc1nc(=O)n(-c2cc(C)cnc2C)c2cc(C(F)(F)F)ccc12. The molecule has 0 bridgehead atoms. The van der Waals surface area contributed by atoms with Crippen LogP contribution in [0.15, 0.2) is 35.3 Å². The molecule has 138 valence electrons. The van der Waals surface area contributed by atoms with Crippen molar-refractivity contribution in [3.05, 3.63) is 57.8 Å². The number of nitrogens with zero attached hydrogens (tertiary/aromatic N) is 3. The highest BCUT2D eigenvalue weighted by Gasteiger charge is 2.31. The Bertz CT molecular complexity index is 1130. The number of terminal acetylenes is 1. The lowest BCUT2D eigenvalue weighted by molar-refractivity contribution is -0.137. The summed E-state index contributed by atoms with van der Waals surface area (Å²) >= 11 is 0. The highest BCUT2D eigenvalue weighted by Crippen LogP contribution is 2.33. The molecule has 3 aromatic rings. The molecule has 27 heavy (non-hydrogen) atoms. The van der Waals surface area contributed by atoms with Crippen molar-refractivity contribution in [2.45, 2.75) is 20.0 Å². The lowest BCUT2D eigenvalue weighted by Crippen LogP contribution is -2.25. The number of anilines is 1. The van der Waals surface area contributed by atoms with Gasteiger partial charge in [0.05, 0.1) is 29.0 Å². The van der Waals surface area contributed by atoms with Crippen molar-refractivity contribution in [1.29, 1.82) is 0 Å². The number of benzene rings is 1. The van der Waals surface area contributed by atoms with Gasteiger partial charge >= 0.3 is 11.9 Å². The van der Waals surface area contributed by atoms with Crippen molar-refractivity contribution < 1.29 is 13.2 Å². The summed E-state index contributed by atoms with van der Waals surface area (Å²) in [7, 11) is 0. The summed E-state index contributed by atoms with van der Waals surface area (Å²) < 4.78 is 40.9. The monoisotopic (exact) mass is 372 g/mol. The van der Waals surface area contributed by atoms with E-state index in [-0.39, 0.29) is 17.9 Å². The van der Waals surface area contributed by atoms with E-state index in [9.17, 15) is 18.0 Å². The van der Waals surface area contributed by atoms with E-state index in [0.717, 1.165) is 22.3 Å². The van der Waals surface area contributed by atoms with Crippen LogP contribution in [0.5, 0.6) is 0 Å². The molecule has 0 aliphatic rings. The van der Waals surface area contributed by atoms with Crippen molar-refractivity contribution in [3.8, 4) is 18.0 Å². The average molecular weight is 372 g/mol. The van der Waals surface area contributed by atoms with Gasteiger partial charge in [0, 0.05) is 11.6 Å². The Morgan fingerprint density at radius 1 is 1.26 bits per heavy atom. The van der Waals surface area contributed by atoms with E-state index in [0.29, 0.717) is 16.8 Å². The molecule has 0 radical (unpaired) electrons. The molecule has 0 saturated carbocycles. The van der Waals surface area contributed by atoms with Gasteiger partial charge in [-0.2, -0.15) is 18.2 Å². The van der Waals surface area contributed by atoms with Gasteiger partial charge in [-0.25, -0.2) is 4.79 Å². The summed E-state index contributed by atoms with van der Waals surface area (Å²) in [6.07, 6.45) is 2.28. The zero-order valence-electron chi connectivity index (χ0n) is 14.6. The van der Waals surface area contributed by atoms with Gasteiger partial charge in [-0.1, -0.05) is 5.92 Å². The van der Waals surface area contributed by atoms with Crippen molar-refractivity contribution in [2.75, 3.05) is 11.9 Å². The molecule has 3 rings (SSSR count). The second-order valence-electron chi connectivity index (χ2n) is 5.98. The first kappa shape index (κ1) is 18.5. The Labute approximate surface area is 152 Å². The van der Waals surface area contributed by atoms with E-state index in [2.05, 4.69) is 21.2 Å². The topological polar surface area (TPSA) is 59.8 Å². The highest BCUT2D eigenvalue weighted by atomic mass is 19.4. The number of aromatic nitrogens is 3. The fourth-order valence-corrected chi connectivity index (χ4v) is 2.75. The molecular weight excluding hydrogens is 357 g/mol. The van der Waals surface area contributed by atoms with Crippen LogP contribution >= 0.6 is 0 Å². The van der Waals surface area contributed by atoms with Gasteiger partial charge in [-0.15, -0.1) is 6.42 Å². The van der Waals surface area contributed by atoms with Crippen LogP contribution in [0.3, 0.4) is 0 Å². The quantitative estimate of drug-likeness (QED) is 0.716. The third kappa shape index (κ3) is 3.49. The fraction of sp³-hybridized carbons (Fsp3) is 0.211.